The number of aliphatic hydroxyl groups is 1. The molecule has 2 aromatic heterocycles. The quantitative estimate of drug-likeness (QED) is 0.0402. The topological polar surface area (TPSA) is 205 Å². The van der Waals surface area contributed by atoms with Crippen molar-refractivity contribution in [1.82, 2.24) is 46.0 Å². The van der Waals surface area contributed by atoms with E-state index in [2.05, 4.69) is 46.5 Å². The first-order chi connectivity index (χ1) is 37.5. The summed E-state index contributed by atoms with van der Waals surface area (Å²) in [6.45, 7) is 0.0368. The number of piperidine rings is 1. The lowest BCUT2D eigenvalue weighted by molar-refractivity contribution is -0.221. The van der Waals surface area contributed by atoms with E-state index in [-0.39, 0.29) is 21.5 Å². The molecule has 2 bridgehead atoms. The number of anilines is 1. The molecule has 18 nitrogen and oxygen atoms in total. The van der Waals surface area contributed by atoms with E-state index >= 15 is 8.78 Å². The van der Waals surface area contributed by atoms with Crippen LogP contribution in [0, 0.1) is 34.3 Å². The monoisotopic (exact) mass is 1140 g/mol. The van der Waals surface area contributed by atoms with Crippen molar-refractivity contribution < 1.29 is 82.4 Å². The first-order valence-corrected chi connectivity index (χ1v) is 24.9. The third-order valence-electron chi connectivity index (χ3n) is 14.5. The second-order valence-electron chi connectivity index (χ2n) is 20.6. The Morgan fingerprint density at radius 1 is 0.787 bits per heavy atom. The number of aromatic nitrogens is 3. The van der Waals surface area contributed by atoms with Gasteiger partial charge in [0.1, 0.15) is 29.5 Å². The maximum absolute atomic E-state index is 16.0. The van der Waals surface area contributed by atoms with Crippen molar-refractivity contribution in [2.24, 2.45) is 10.8 Å². The first-order valence-electron chi connectivity index (χ1n) is 24.9. The predicted molar refractivity (Wildman–Crippen MR) is 265 cm³/mol. The standard InChI is InChI=1S/C52H58F10N10O8/c1-49(2,51(57,58)59)42(65-47(76)78-5)44(74)64-39(17-29-10-7-28(8-11-29)9-12-30-13-14-41(63-21-30)69-22-32-20-33(23-69)72(32)34-26-80-27-34)40(73)25-70(68-45(75)43(66-48(77)79-6)50(3,4)52(60,61)62)24-35-36(53)18-31(19-37(35)54)38-15-16-71(67-38)46(55)56/h7-8,10-11,13-16,18-19,21,32-34,39-40,42-43,46,73H,17,20,22-27H2,1-6H3,(H,64,74)(H,65,76)(H,66,77)(H,68,75)/t32?,33?,39-,40-,42+,43+/m0/s1. The van der Waals surface area contributed by atoms with Gasteiger partial charge in [-0.15, -0.1) is 0 Å². The van der Waals surface area contributed by atoms with Crippen LogP contribution in [0.2, 0.25) is 0 Å². The Bertz CT molecular complexity index is 2890. The van der Waals surface area contributed by atoms with Crippen molar-refractivity contribution in [3.05, 3.63) is 101 Å². The van der Waals surface area contributed by atoms with E-state index in [0.717, 1.165) is 65.0 Å². The molecule has 6 heterocycles. The Balaban J connectivity index is 1.18. The normalized spacial score (nSPS) is 18.4. The highest BCUT2D eigenvalue weighted by atomic mass is 19.4. The molecule has 4 amide bonds. The van der Waals surface area contributed by atoms with Gasteiger partial charge in [-0.2, -0.15) is 40.2 Å². The van der Waals surface area contributed by atoms with Crippen molar-refractivity contribution in [2.45, 2.75) is 108 Å². The van der Waals surface area contributed by atoms with Crippen LogP contribution in [0.3, 0.4) is 0 Å². The highest BCUT2D eigenvalue weighted by Gasteiger charge is 2.57. The molecular formula is C52H58F10N10O8. The lowest BCUT2D eigenvalue weighted by Crippen LogP contribution is -2.74. The van der Waals surface area contributed by atoms with Crippen molar-refractivity contribution >= 4 is 29.8 Å². The minimum Gasteiger partial charge on any atom is -0.453 e. The summed E-state index contributed by atoms with van der Waals surface area (Å²) in [6, 6.07) is 6.63. The smallest absolute Gasteiger partial charge is 0.407 e. The predicted octanol–water partition coefficient (Wildman–Crippen LogP) is 6.23. The molecule has 2 unspecified atom stereocenters. The van der Waals surface area contributed by atoms with Gasteiger partial charge in [0.05, 0.1) is 62.1 Å². The average molecular weight is 1140 g/mol. The Morgan fingerprint density at radius 3 is 1.82 bits per heavy atom. The number of methoxy groups -OCH3 is 2. The molecule has 0 saturated carbocycles. The molecular weight excluding hydrogens is 1080 g/mol. The van der Waals surface area contributed by atoms with E-state index < -0.39 is 115 Å². The van der Waals surface area contributed by atoms with Crippen LogP contribution in [0.25, 0.3) is 11.3 Å². The number of rotatable bonds is 19. The molecule has 8 rings (SSSR count). The number of nitrogens with zero attached hydrogens (tertiary/aromatic N) is 6. The first kappa shape index (κ1) is 60.4. The highest BCUT2D eigenvalue weighted by molar-refractivity contribution is 5.87. The van der Waals surface area contributed by atoms with Gasteiger partial charge in [-0.25, -0.2) is 33.0 Å². The Hall–Kier alpha value is -7.22. The molecule has 28 heteroatoms. The fourth-order valence-corrected chi connectivity index (χ4v) is 9.38. The number of ether oxygens (including phenoxy) is 3. The van der Waals surface area contributed by atoms with Crippen molar-refractivity contribution in [2.75, 3.05) is 52.0 Å². The number of alkyl carbamates (subject to hydrolysis) is 2. The third kappa shape index (κ3) is 13.7. The number of alkyl halides is 8. The molecule has 4 aliphatic rings. The van der Waals surface area contributed by atoms with Crippen LogP contribution in [0.5, 0.6) is 0 Å². The summed E-state index contributed by atoms with van der Waals surface area (Å²) in [5, 5.41) is 22.1. The SMILES string of the molecule is COC(=O)N[C@H](C(=O)N[C@@H](Cc1ccc(C#Cc2ccc(N3CC4CC(C3)N4C3COC3)nc2)cc1)[C@@H](O)CN(Cc1c(F)cc(-c2ccn(C(F)F)n2)cc1F)NC(=O)[C@@H](NC(=O)OC)C(C)(C)C(F)(F)F)C(C)(C)C(F)(F)F. The number of aliphatic hydroxyl groups excluding tert-OH is 1. The molecule has 4 aromatic rings. The van der Waals surface area contributed by atoms with Gasteiger partial charge >= 0.3 is 31.1 Å². The molecule has 0 aliphatic carbocycles. The second-order valence-corrected chi connectivity index (χ2v) is 20.6. The average Bonchev–Trinajstić information content (AvgIpc) is 3.89. The van der Waals surface area contributed by atoms with Gasteiger partial charge in [0.15, 0.2) is 0 Å². The zero-order valence-electron chi connectivity index (χ0n) is 43.9. The number of hydrazine groups is 1. The number of carbonyl (C=O) groups is 4. The maximum atomic E-state index is 16.0. The summed E-state index contributed by atoms with van der Waals surface area (Å²) in [7, 11) is 1.60. The number of halogens is 10. The molecule has 5 N–H and O–H groups in total. The third-order valence-corrected chi connectivity index (χ3v) is 14.5. The van der Waals surface area contributed by atoms with Crippen LogP contribution in [-0.4, -0.2) is 156 Å². The number of hydrogen-bond donors (Lipinski definition) is 5. The van der Waals surface area contributed by atoms with E-state index in [0.29, 0.717) is 74.1 Å². The fourth-order valence-electron chi connectivity index (χ4n) is 9.38. The van der Waals surface area contributed by atoms with Crippen molar-refractivity contribution in [3.8, 4) is 23.1 Å². The minimum absolute atomic E-state index is 0.198. The molecule has 6 atom stereocenters. The molecule has 434 valence electrons. The lowest BCUT2D eigenvalue weighted by Gasteiger charge is -2.60. The summed E-state index contributed by atoms with van der Waals surface area (Å²) >= 11 is 0. The van der Waals surface area contributed by atoms with E-state index in [1.807, 2.05) is 22.9 Å². The van der Waals surface area contributed by atoms with E-state index in [1.165, 1.54) is 12.1 Å². The molecule has 2 aromatic carbocycles. The van der Waals surface area contributed by atoms with E-state index in [1.54, 1.807) is 23.6 Å². The number of hydrogen-bond acceptors (Lipinski definition) is 13. The molecule has 0 radical (unpaired) electrons. The van der Waals surface area contributed by atoms with Crippen molar-refractivity contribution in [3.63, 3.8) is 0 Å². The molecule has 4 saturated heterocycles. The number of amides is 4. The molecule has 4 fully saturated rings. The van der Waals surface area contributed by atoms with Gasteiger partial charge in [-0.1, -0.05) is 24.0 Å². The Kier molecular flexibility index (Phi) is 18.3. The van der Waals surface area contributed by atoms with Gasteiger partial charge < -0.3 is 40.2 Å². The summed E-state index contributed by atoms with van der Waals surface area (Å²) < 4.78 is 160. The highest BCUT2D eigenvalue weighted by Crippen LogP contribution is 2.42. The number of benzene rings is 2. The van der Waals surface area contributed by atoms with Crippen LogP contribution < -0.4 is 26.3 Å². The summed E-state index contributed by atoms with van der Waals surface area (Å²) in [5.74, 6) is 0.755. The summed E-state index contributed by atoms with van der Waals surface area (Å²) in [4.78, 5) is 62.2. The van der Waals surface area contributed by atoms with Crippen LogP contribution in [0.15, 0.2) is 67.0 Å². The zero-order valence-corrected chi connectivity index (χ0v) is 43.9. The number of piperazine rings is 1. The number of carbonyl (C=O) groups excluding carboxylic acids is 4. The van der Waals surface area contributed by atoms with Gasteiger partial charge in [-0.3, -0.25) is 19.9 Å². The van der Waals surface area contributed by atoms with Gasteiger partial charge in [0.25, 0.3) is 5.91 Å². The number of nitrogens with one attached hydrogen (secondary N) is 4. The Morgan fingerprint density at radius 2 is 1.34 bits per heavy atom. The molecule has 4 aliphatic heterocycles. The summed E-state index contributed by atoms with van der Waals surface area (Å²) in [5.41, 5.74) is -4.42. The number of pyridine rings is 1. The summed E-state index contributed by atoms with van der Waals surface area (Å²) in [6.07, 6.45) is -12.4. The number of fused-ring (bicyclic) bond motifs is 2. The van der Waals surface area contributed by atoms with E-state index in [4.69, 9.17) is 4.74 Å². The Labute approximate surface area is 452 Å². The molecule has 80 heavy (non-hydrogen) atoms. The zero-order chi connectivity index (χ0) is 58.6. The van der Waals surface area contributed by atoms with Gasteiger partial charge in [-0.05, 0) is 88.6 Å². The van der Waals surface area contributed by atoms with Gasteiger partial charge in [0, 0.05) is 72.9 Å². The fraction of sp³-hybridized carbons (Fsp3) is 0.500. The van der Waals surface area contributed by atoms with Crippen molar-refractivity contribution in [1.29, 1.82) is 0 Å². The van der Waals surface area contributed by atoms with Crippen LogP contribution >= 0.6 is 0 Å². The second kappa shape index (κ2) is 24.2. The minimum atomic E-state index is -5.23. The largest absolute Gasteiger partial charge is 0.453 e. The lowest BCUT2D eigenvalue weighted by atomic mass is 9.82. The van der Waals surface area contributed by atoms with Crippen LogP contribution in [-0.2, 0) is 36.8 Å². The maximum Gasteiger partial charge on any atom is 0.407 e. The van der Waals surface area contributed by atoms with Crippen LogP contribution in [0.4, 0.5) is 59.3 Å². The van der Waals surface area contributed by atoms with Gasteiger partial charge in [0.2, 0.25) is 5.91 Å². The van der Waals surface area contributed by atoms with E-state index in [9.17, 15) is 59.4 Å². The molecule has 0 spiro atoms. The van der Waals surface area contributed by atoms with Crippen LogP contribution in [0.1, 0.15) is 62.9 Å².